The number of anilines is 1. The van der Waals surface area contributed by atoms with Crippen LogP contribution in [-0.4, -0.2) is 30.9 Å². The second-order valence-electron chi connectivity index (χ2n) is 5.13. The van der Waals surface area contributed by atoms with Crippen LogP contribution in [0.2, 0.25) is 10.0 Å². The van der Waals surface area contributed by atoms with Crippen molar-refractivity contribution >= 4 is 46.7 Å². The van der Waals surface area contributed by atoms with Crippen molar-refractivity contribution in [2.45, 2.75) is 0 Å². The van der Waals surface area contributed by atoms with Gasteiger partial charge in [-0.3, -0.25) is 9.59 Å². The summed E-state index contributed by atoms with van der Waals surface area (Å²) in [5, 5.41) is 4.61. The minimum atomic E-state index is -1.12. The Morgan fingerprint density at radius 3 is 2.26 bits per heavy atom. The number of amides is 2. The van der Waals surface area contributed by atoms with E-state index in [1.807, 2.05) is 0 Å². The van der Waals surface area contributed by atoms with Gasteiger partial charge in [0.2, 0.25) is 5.91 Å². The van der Waals surface area contributed by atoms with Crippen LogP contribution in [-0.2, 0) is 14.3 Å². The van der Waals surface area contributed by atoms with Gasteiger partial charge in [0.05, 0.1) is 22.2 Å². The number of esters is 1. The van der Waals surface area contributed by atoms with Crippen LogP contribution in [0.1, 0.15) is 10.4 Å². The fraction of sp³-hybridized carbons (Fsp3) is 0.118. The number of benzene rings is 2. The number of hydrogen-bond acceptors (Lipinski definition) is 4. The summed E-state index contributed by atoms with van der Waals surface area (Å²) in [6.45, 7) is -1.14. The molecule has 2 rings (SSSR count). The predicted octanol–water partition coefficient (Wildman–Crippen LogP) is 3.18. The van der Waals surface area contributed by atoms with E-state index in [0.29, 0.717) is 0 Å². The van der Waals surface area contributed by atoms with E-state index in [1.165, 1.54) is 12.1 Å². The van der Waals surface area contributed by atoms with E-state index < -0.39 is 42.6 Å². The fourth-order valence-electron chi connectivity index (χ4n) is 1.91. The van der Waals surface area contributed by atoms with Crippen molar-refractivity contribution in [3.63, 3.8) is 0 Å². The van der Waals surface area contributed by atoms with Crippen LogP contribution in [0.25, 0.3) is 0 Å². The lowest BCUT2D eigenvalue weighted by atomic mass is 10.2. The molecule has 2 amide bonds. The third-order valence-corrected chi connectivity index (χ3v) is 3.78. The van der Waals surface area contributed by atoms with Gasteiger partial charge in [-0.2, -0.15) is 0 Å². The standard InChI is InChI=1S/C17H12Cl2F2N2O4/c18-10-2-1-3-11(19)16(10)17(26)27-8-15(25)22-7-14(24)23-9-4-5-12(20)13(21)6-9/h1-6H,7-8H2,(H,22,25)(H,23,24). The van der Waals surface area contributed by atoms with E-state index in [2.05, 4.69) is 10.6 Å². The molecule has 0 aromatic heterocycles. The van der Waals surface area contributed by atoms with E-state index in [0.717, 1.165) is 18.2 Å². The van der Waals surface area contributed by atoms with Crippen molar-refractivity contribution < 1.29 is 27.9 Å². The predicted molar refractivity (Wildman–Crippen MR) is 94.7 cm³/mol. The van der Waals surface area contributed by atoms with Crippen molar-refractivity contribution in [1.29, 1.82) is 0 Å². The van der Waals surface area contributed by atoms with Gasteiger partial charge in [-0.1, -0.05) is 29.3 Å². The summed E-state index contributed by atoms with van der Waals surface area (Å²) in [4.78, 5) is 35.3. The van der Waals surface area contributed by atoms with Gasteiger partial charge in [0.1, 0.15) is 0 Å². The minimum absolute atomic E-state index is 0.0212. The first-order valence-electron chi connectivity index (χ1n) is 7.40. The molecule has 2 aromatic rings. The minimum Gasteiger partial charge on any atom is -0.452 e. The third-order valence-electron chi connectivity index (χ3n) is 3.15. The van der Waals surface area contributed by atoms with Gasteiger partial charge in [-0.15, -0.1) is 0 Å². The molecule has 0 atom stereocenters. The van der Waals surface area contributed by atoms with Gasteiger partial charge in [0.25, 0.3) is 5.91 Å². The number of ether oxygens (including phenoxy) is 1. The smallest absolute Gasteiger partial charge is 0.341 e. The Bertz CT molecular complexity index is 873. The number of nitrogens with one attached hydrogen (secondary N) is 2. The molecule has 6 nitrogen and oxygen atoms in total. The summed E-state index contributed by atoms with van der Waals surface area (Å²) in [6, 6.07) is 7.22. The summed E-state index contributed by atoms with van der Waals surface area (Å²) in [5.41, 5.74) is -0.0577. The van der Waals surface area contributed by atoms with Gasteiger partial charge < -0.3 is 15.4 Å². The molecular weight excluding hydrogens is 405 g/mol. The molecule has 0 radical (unpaired) electrons. The van der Waals surface area contributed by atoms with Crippen LogP contribution in [0.3, 0.4) is 0 Å². The molecule has 0 aliphatic heterocycles. The van der Waals surface area contributed by atoms with E-state index in [4.69, 9.17) is 27.9 Å². The second kappa shape index (κ2) is 9.29. The second-order valence-corrected chi connectivity index (χ2v) is 5.94. The first kappa shape index (κ1) is 20.6. The first-order valence-corrected chi connectivity index (χ1v) is 8.16. The number of rotatable bonds is 6. The molecule has 0 fully saturated rings. The average molecular weight is 417 g/mol. The van der Waals surface area contributed by atoms with E-state index >= 15 is 0 Å². The molecule has 0 saturated heterocycles. The zero-order chi connectivity index (χ0) is 20.0. The normalized spacial score (nSPS) is 10.2. The molecule has 0 aliphatic carbocycles. The molecule has 0 unspecified atom stereocenters. The van der Waals surface area contributed by atoms with Crippen molar-refractivity contribution in [3.8, 4) is 0 Å². The lowest BCUT2D eigenvalue weighted by Gasteiger charge is -2.09. The monoisotopic (exact) mass is 416 g/mol. The van der Waals surface area contributed by atoms with Gasteiger partial charge in [-0.25, -0.2) is 13.6 Å². The SMILES string of the molecule is O=C(COC(=O)c1c(Cl)cccc1Cl)NCC(=O)Nc1ccc(F)c(F)c1. The maximum atomic E-state index is 13.1. The van der Waals surface area contributed by atoms with Crippen LogP contribution in [0, 0.1) is 11.6 Å². The summed E-state index contributed by atoms with van der Waals surface area (Å²) in [5.74, 6) is -4.52. The molecule has 0 heterocycles. The third kappa shape index (κ3) is 5.90. The van der Waals surface area contributed by atoms with E-state index in [-0.39, 0.29) is 21.3 Å². The maximum Gasteiger partial charge on any atom is 0.341 e. The van der Waals surface area contributed by atoms with Crippen LogP contribution < -0.4 is 10.6 Å². The fourth-order valence-corrected chi connectivity index (χ4v) is 2.46. The van der Waals surface area contributed by atoms with Crippen LogP contribution >= 0.6 is 23.2 Å². The zero-order valence-corrected chi connectivity index (χ0v) is 15.0. The molecule has 142 valence electrons. The highest BCUT2D eigenvalue weighted by Gasteiger charge is 2.17. The Hall–Kier alpha value is -2.71. The molecule has 27 heavy (non-hydrogen) atoms. The Kier molecular flexibility index (Phi) is 7.09. The molecule has 0 aliphatic rings. The van der Waals surface area contributed by atoms with E-state index in [1.54, 1.807) is 6.07 Å². The molecule has 0 saturated carbocycles. The highest BCUT2D eigenvalue weighted by atomic mass is 35.5. The van der Waals surface area contributed by atoms with Crippen LogP contribution in [0.15, 0.2) is 36.4 Å². The Morgan fingerprint density at radius 2 is 1.63 bits per heavy atom. The van der Waals surface area contributed by atoms with Crippen molar-refractivity contribution in [3.05, 3.63) is 63.6 Å². The zero-order valence-electron chi connectivity index (χ0n) is 13.5. The summed E-state index contributed by atoms with van der Waals surface area (Å²) >= 11 is 11.7. The lowest BCUT2D eigenvalue weighted by molar-refractivity contribution is -0.126. The van der Waals surface area contributed by atoms with Crippen LogP contribution in [0.4, 0.5) is 14.5 Å². The number of halogens is 4. The average Bonchev–Trinajstić information content (AvgIpc) is 2.61. The van der Waals surface area contributed by atoms with Crippen molar-refractivity contribution in [1.82, 2.24) is 5.32 Å². The molecular formula is C17H12Cl2F2N2O4. The van der Waals surface area contributed by atoms with Gasteiger partial charge in [0.15, 0.2) is 18.2 Å². The number of carbonyl (C=O) groups excluding carboxylic acids is 3. The molecule has 2 N–H and O–H groups in total. The highest BCUT2D eigenvalue weighted by Crippen LogP contribution is 2.24. The van der Waals surface area contributed by atoms with Gasteiger partial charge in [-0.05, 0) is 24.3 Å². The highest BCUT2D eigenvalue weighted by molar-refractivity contribution is 6.39. The molecule has 2 aromatic carbocycles. The first-order chi connectivity index (χ1) is 12.8. The topological polar surface area (TPSA) is 84.5 Å². The maximum absolute atomic E-state index is 13.1. The molecule has 0 spiro atoms. The molecule has 10 heteroatoms. The van der Waals surface area contributed by atoms with Gasteiger partial charge >= 0.3 is 5.97 Å². The number of hydrogen-bond donors (Lipinski definition) is 2. The van der Waals surface area contributed by atoms with E-state index in [9.17, 15) is 23.2 Å². The summed E-state index contributed by atoms with van der Waals surface area (Å²) in [6.07, 6.45) is 0. The Labute approximate surface area is 162 Å². The van der Waals surface area contributed by atoms with Crippen LogP contribution in [0.5, 0.6) is 0 Å². The summed E-state index contributed by atoms with van der Waals surface area (Å²) in [7, 11) is 0. The summed E-state index contributed by atoms with van der Waals surface area (Å²) < 4.78 is 30.7. The van der Waals surface area contributed by atoms with Gasteiger partial charge in [0, 0.05) is 11.8 Å². The lowest BCUT2D eigenvalue weighted by Crippen LogP contribution is -2.35. The quantitative estimate of drug-likeness (QED) is 0.708. The van der Waals surface area contributed by atoms with Crippen molar-refractivity contribution in [2.75, 3.05) is 18.5 Å². The largest absolute Gasteiger partial charge is 0.452 e. The molecule has 0 bridgehead atoms. The number of carbonyl (C=O) groups is 3. The Balaban J connectivity index is 1.79. The Morgan fingerprint density at radius 1 is 0.963 bits per heavy atom. The van der Waals surface area contributed by atoms with Crippen molar-refractivity contribution in [2.24, 2.45) is 0 Å².